The highest BCUT2D eigenvalue weighted by molar-refractivity contribution is 5.78. The summed E-state index contributed by atoms with van der Waals surface area (Å²) in [5.41, 5.74) is 2.88. The number of ether oxygens (including phenoxy) is 2. The van der Waals surface area contributed by atoms with Gasteiger partial charge in [-0.25, -0.2) is 14.4 Å². The molecule has 6 rings (SSSR count). The molecule has 2 N–H and O–H groups in total. The van der Waals surface area contributed by atoms with Crippen molar-refractivity contribution in [1.29, 1.82) is 0 Å². The fourth-order valence-electron chi connectivity index (χ4n) is 5.95. The van der Waals surface area contributed by atoms with Gasteiger partial charge in [-0.15, -0.1) is 0 Å². The van der Waals surface area contributed by atoms with Gasteiger partial charge in [-0.1, -0.05) is 6.42 Å². The van der Waals surface area contributed by atoms with E-state index in [0.717, 1.165) is 43.2 Å². The van der Waals surface area contributed by atoms with Gasteiger partial charge in [0.25, 0.3) is 0 Å². The number of nitrogens with zero attached hydrogens (tertiary/aromatic N) is 3. The molecule has 5 heterocycles. The summed E-state index contributed by atoms with van der Waals surface area (Å²) in [6, 6.07) is 11.0. The lowest BCUT2D eigenvalue weighted by atomic mass is 9.70. The molecule has 37 heavy (non-hydrogen) atoms. The first-order chi connectivity index (χ1) is 18.0. The Labute approximate surface area is 213 Å². The quantitative estimate of drug-likeness (QED) is 0.392. The van der Waals surface area contributed by atoms with E-state index in [1.165, 1.54) is 12.3 Å². The van der Waals surface area contributed by atoms with Crippen LogP contribution in [0.5, 0.6) is 5.88 Å². The highest BCUT2D eigenvalue weighted by atomic mass is 19.1. The minimum absolute atomic E-state index is 0.154. The summed E-state index contributed by atoms with van der Waals surface area (Å²) in [7, 11) is 1.55. The second kappa shape index (κ2) is 9.79. The Morgan fingerprint density at radius 1 is 1.22 bits per heavy atom. The summed E-state index contributed by atoms with van der Waals surface area (Å²) < 4.78 is 26.6. The number of aromatic amines is 1. The Morgan fingerprint density at radius 2 is 2.11 bits per heavy atom. The summed E-state index contributed by atoms with van der Waals surface area (Å²) in [5.74, 6) is 0.601. The van der Waals surface area contributed by atoms with Gasteiger partial charge in [0.2, 0.25) is 11.4 Å². The summed E-state index contributed by atoms with van der Waals surface area (Å²) in [5, 5.41) is 4.55. The van der Waals surface area contributed by atoms with Crippen molar-refractivity contribution in [1.82, 2.24) is 25.3 Å². The van der Waals surface area contributed by atoms with Gasteiger partial charge >= 0.3 is 0 Å². The van der Waals surface area contributed by atoms with Crippen molar-refractivity contribution < 1.29 is 13.9 Å². The van der Waals surface area contributed by atoms with Crippen LogP contribution in [0.1, 0.15) is 43.4 Å². The number of nitrogens with one attached hydrogen (secondary N) is 2. The number of pyridine rings is 4. The molecule has 192 valence electrons. The van der Waals surface area contributed by atoms with Crippen LogP contribution in [0.15, 0.2) is 47.4 Å². The zero-order valence-corrected chi connectivity index (χ0v) is 20.8. The highest BCUT2D eigenvalue weighted by Gasteiger charge is 2.44. The van der Waals surface area contributed by atoms with Crippen LogP contribution < -0.4 is 15.6 Å². The SMILES string of the molecule is COc1ccc2ncc(F)c(CCC34CCCC(C3)C(NCc3ccc5ccc(=O)[nH]c5n3)CO4)c2n1. The van der Waals surface area contributed by atoms with Crippen LogP contribution in [0.3, 0.4) is 0 Å². The lowest BCUT2D eigenvalue weighted by Gasteiger charge is -2.49. The molecule has 2 bridgehead atoms. The van der Waals surface area contributed by atoms with E-state index in [-0.39, 0.29) is 23.0 Å². The maximum Gasteiger partial charge on any atom is 0.249 e. The summed E-state index contributed by atoms with van der Waals surface area (Å²) in [6.07, 6.45) is 6.73. The molecule has 0 aromatic carbocycles. The van der Waals surface area contributed by atoms with Crippen LogP contribution in [0.2, 0.25) is 0 Å². The third-order valence-corrected chi connectivity index (χ3v) is 7.94. The zero-order chi connectivity index (χ0) is 25.4. The number of rotatable bonds is 7. The number of aryl methyl sites for hydroxylation is 1. The Bertz CT molecular complexity index is 1510. The van der Waals surface area contributed by atoms with Crippen molar-refractivity contribution >= 4 is 22.1 Å². The van der Waals surface area contributed by atoms with Crippen LogP contribution in [0.4, 0.5) is 4.39 Å². The van der Waals surface area contributed by atoms with Gasteiger partial charge in [-0.05, 0) is 62.3 Å². The third kappa shape index (κ3) is 4.81. The molecule has 2 fully saturated rings. The molecular weight excluding hydrogens is 473 g/mol. The largest absolute Gasteiger partial charge is 0.481 e. The Morgan fingerprint density at radius 3 is 3.00 bits per heavy atom. The minimum atomic E-state index is -0.336. The fraction of sp³-hybridized carbons (Fsp3) is 0.429. The van der Waals surface area contributed by atoms with Crippen molar-refractivity contribution in [2.24, 2.45) is 5.92 Å². The molecule has 2 aliphatic rings. The molecule has 3 unspecified atom stereocenters. The van der Waals surface area contributed by atoms with Crippen molar-refractivity contribution in [2.75, 3.05) is 13.7 Å². The Hall–Kier alpha value is -3.43. The first kappa shape index (κ1) is 23.9. The molecule has 0 radical (unpaired) electrons. The number of aromatic nitrogens is 4. The van der Waals surface area contributed by atoms with Crippen LogP contribution in [-0.4, -0.2) is 45.3 Å². The average Bonchev–Trinajstić information content (AvgIpc) is 2.91. The van der Waals surface area contributed by atoms with E-state index in [4.69, 9.17) is 9.47 Å². The number of halogens is 1. The third-order valence-electron chi connectivity index (χ3n) is 7.94. The second-order valence-corrected chi connectivity index (χ2v) is 10.2. The van der Waals surface area contributed by atoms with E-state index in [1.807, 2.05) is 18.2 Å². The molecule has 4 aromatic heterocycles. The molecule has 1 saturated carbocycles. The first-order valence-corrected chi connectivity index (χ1v) is 12.9. The molecule has 4 aromatic rings. The topological polar surface area (TPSA) is 102 Å². The van der Waals surface area contributed by atoms with E-state index in [0.29, 0.717) is 53.6 Å². The number of methoxy groups -OCH3 is 1. The molecule has 0 amide bonds. The van der Waals surface area contributed by atoms with Crippen LogP contribution in [0.25, 0.3) is 22.1 Å². The molecular formula is C28H30FN5O3. The molecule has 1 aliphatic carbocycles. The Kier molecular flexibility index (Phi) is 6.34. The molecule has 3 atom stereocenters. The summed E-state index contributed by atoms with van der Waals surface area (Å²) in [4.78, 5) is 27.7. The van der Waals surface area contributed by atoms with E-state index in [2.05, 4.69) is 25.3 Å². The Balaban J connectivity index is 1.13. The number of fused-ring (bicyclic) bond motifs is 4. The average molecular weight is 504 g/mol. The van der Waals surface area contributed by atoms with Crippen molar-refractivity contribution in [3.05, 3.63) is 70.0 Å². The molecule has 0 spiro atoms. The number of hydrogen-bond acceptors (Lipinski definition) is 7. The van der Waals surface area contributed by atoms with E-state index >= 15 is 0 Å². The zero-order valence-electron chi connectivity index (χ0n) is 20.8. The lowest BCUT2D eigenvalue weighted by molar-refractivity contribution is -0.139. The first-order valence-electron chi connectivity index (χ1n) is 12.9. The van der Waals surface area contributed by atoms with Crippen molar-refractivity contribution in [3.63, 3.8) is 0 Å². The van der Waals surface area contributed by atoms with Crippen molar-refractivity contribution in [3.8, 4) is 5.88 Å². The predicted octanol–water partition coefficient (Wildman–Crippen LogP) is 4.06. The van der Waals surface area contributed by atoms with Gasteiger partial charge in [0.05, 0.1) is 42.2 Å². The normalized spacial score (nSPS) is 23.4. The smallest absolute Gasteiger partial charge is 0.249 e. The molecule has 1 saturated heterocycles. The van der Waals surface area contributed by atoms with Crippen LogP contribution in [-0.2, 0) is 17.7 Å². The van der Waals surface area contributed by atoms with Gasteiger partial charge < -0.3 is 19.8 Å². The van der Waals surface area contributed by atoms with Gasteiger partial charge in [0.1, 0.15) is 11.5 Å². The minimum Gasteiger partial charge on any atom is -0.481 e. The number of H-pyrrole nitrogens is 1. The molecule has 9 heteroatoms. The van der Waals surface area contributed by atoms with E-state index in [1.54, 1.807) is 19.2 Å². The molecule has 8 nitrogen and oxygen atoms in total. The van der Waals surface area contributed by atoms with Gasteiger partial charge in [-0.2, -0.15) is 0 Å². The van der Waals surface area contributed by atoms with E-state index < -0.39 is 0 Å². The maximum absolute atomic E-state index is 14.9. The summed E-state index contributed by atoms with van der Waals surface area (Å²) >= 11 is 0. The van der Waals surface area contributed by atoms with Crippen LogP contribution in [0, 0.1) is 11.7 Å². The van der Waals surface area contributed by atoms with Gasteiger partial charge in [-0.3, -0.25) is 9.78 Å². The van der Waals surface area contributed by atoms with Gasteiger partial charge in [0, 0.05) is 35.7 Å². The van der Waals surface area contributed by atoms with Crippen LogP contribution >= 0.6 is 0 Å². The fourth-order valence-corrected chi connectivity index (χ4v) is 5.95. The maximum atomic E-state index is 14.9. The number of hydrogen-bond donors (Lipinski definition) is 2. The van der Waals surface area contributed by atoms with Gasteiger partial charge in [0.15, 0.2) is 0 Å². The standard InChI is InChI=1S/C28H30FN5O3/c1-36-25-9-7-22-26(34-25)20(21(29)15-31-22)10-12-28-11-2-3-18(13-28)23(16-37-28)30-14-19-6-4-17-5-8-24(35)33-27(17)32-19/h4-9,15,18,23,30H,2-3,10-14,16H2,1H3,(H,32,33,35). The van der Waals surface area contributed by atoms with E-state index in [9.17, 15) is 9.18 Å². The highest BCUT2D eigenvalue weighted by Crippen LogP contribution is 2.44. The van der Waals surface area contributed by atoms with Crippen molar-refractivity contribution in [2.45, 2.75) is 56.7 Å². The lowest BCUT2D eigenvalue weighted by Crippen LogP contribution is -2.54. The summed E-state index contributed by atoms with van der Waals surface area (Å²) in [6.45, 7) is 1.22. The molecule has 1 aliphatic heterocycles. The predicted molar refractivity (Wildman–Crippen MR) is 138 cm³/mol. The second-order valence-electron chi connectivity index (χ2n) is 10.2. The monoisotopic (exact) mass is 503 g/mol.